The van der Waals surface area contributed by atoms with Crippen molar-refractivity contribution in [3.8, 4) is 0 Å². The first-order chi connectivity index (χ1) is 8.66. The van der Waals surface area contributed by atoms with E-state index in [-0.39, 0.29) is 290 Å². The number of rotatable bonds is 0. The third-order valence-electron chi connectivity index (χ3n) is 0. The summed E-state index contributed by atoms with van der Waals surface area (Å²) in [5, 5.41) is 0. The van der Waals surface area contributed by atoms with Gasteiger partial charge in [-0.05, 0) is 0 Å². The molecule has 160 valence electrons. The summed E-state index contributed by atoms with van der Waals surface area (Å²) in [6.45, 7) is 0. The van der Waals surface area contributed by atoms with Gasteiger partial charge in [0, 0.05) is 45.9 Å². The van der Waals surface area contributed by atoms with Gasteiger partial charge in [-0.1, -0.05) is 0 Å². The molecule has 0 saturated carbocycles. The van der Waals surface area contributed by atoms with Crippen molar-refractivity contribution in [3.05, 3.63) is 0 Å². The van der Waals surface area contributed by atoms with Crippen LogP contribution < -0.4 is 259 Å². The Bertz CT molecular complexity index is 245. The molecular formula is H5Al3K3Li3O20Si5. The van der Waals surface area contributed by atoms with E-state index < -0.39 is 45.9 Å². The van der Waals surface area contributed by atoms with Gasteiger partial charge in [-0.2, -0.15) is 0 Å². The first-order valence-corrected chi connectivity index (χ1v) is 9.19. The summed E-state index contributed by atoms with van der Waals surface area (Å²) in [5.41, 5.74) is 0. The quantitative estimate of drug-likeness (QED) is 0.214. The van der Waals surface area contributed by atoms with Crippen LogP contribution in [0.1, 0.15) is 0 Å². The maximum absolute atomic E-state index is 8.52. The fraction of sp³-hybridized carbons (Fsp3) is 0. The minimum atomic E-state index is -3.63. The fourth-order valence-electron chi connectivity index (χ4n) is 0. The van der Waals surface area contributed by atoms with Crippen LogP contribution >= 0.6 is 0 Å². The molecule has 0 aliphatic rings. The van der Waals surface area contributed by atoms with Gasteiger partial charge in [0.05, 0.1) is 0 Å². The predicted molar refractivity (Wildman–Crippen MR) is 59.1 cm³/mol. The van der Waals surface area contributed by atoms with Gasteiger partial charge in [-0.25, -0.2) is 0 Å². The van der Waals surface area contributed by atoms with Crippen LogP contribution in [0.15, 0.2) is 0 Å². The zero-order valence-electron chi connectivity index (χ0n) is 18.6. The summed E-state index contributed by atoms with van der Waals surface area (Å²) in [5.74, 6) is 0. The Morgan fingerprint density at radius 1 is 0.294 bits per heavy atom. The van der Waals surface area contributed by atoms with E-state index in [1.807, 2.05) is 0 Å². The standard InChI is InChI=1S/3Al.3K.3Li.5O3Si.5H2O/c;;;;;;;;;5*1-4(2)3;;;;;/h;;;;;;;;;;;;;;5*1H2/q3*+3;6*+1;5*-2;;;;;/p-5. The van der Waals surface area contributed by atoms with Crippen molar-refractivity contribution in [1.29, 1.82) is 0 Å². The van der Waals surface area contributed by atoms with E-state index in [1.165, 1.54) is 0 Å². The van der Waals surface area contributed by atoms with E-state index in [4.69, 9.17) is 70.3 Å². The summed E-state index contributed by atoms with van der Waals surface area (Å²) in [7, 11) is -18.1. The molecule has 0 fully saturated rings. The molecule has 0 aromatic heterocycles. The monoisotopic (exact) mass is 684 g/mol. The van der Waals surface area contributed by atoms with Crippen LogP contribution in [0.3, 0.4) is 0 Å². The molecule has 0 rings (SSSR count). The average molecular weight is 685 g/mol. The molecule has 0 saturated heterocycles. The zero-order valence-corrected chi connectivity index (χ0v) is 36.4. The fourth-order valence-corrected chi connectivity index (χ4v) is 0. The van der Waals surface area contributed by atoms with Crippen molar-refractivity contribution in [2.75, 3.05) is 0 Å². The Balaban J connectivity index is -0.00000000441. The van der Waals surface area contributed by atoms with Gasteiger partial charge in [0.15, 0.2) is 0 Å². The van der Waals surface area contributed by atoms with Crippen LogP contribution in [0.5, 0.6) is 0 Å². The summed E-state index contributed by atoms with van der Waals surface area (Å²) in [6, 6.07) is 0. The smallest absolute Gasteiger partial charge is 0.870 e. The minimum absolute atomic E-state index is 0. The molecule has 0 amide bonds. The van der Waals surface area contributed by atoms with Gasteiger partial charge in [-0.15, -0.1) is 0 Å². The summed E-state index contributed by atoms with van der Waals surface area (Å²) < 4.78 is 42.6. The van der Waals surface area contributed by atoms with E-state index in [2.05, 4.69) is 0 Å². The predicted octanol–water partition coefficient (Wildman–Crippen LogP) is -34.4. The molecule has 0 radical (unpaired) electrons. The maximum atomic E-state index is 8.52. The molecule has 34 heavy (non-hydrogen) atoms. The van der Waals surface area contributed by atoms with Crippen LogP contribution in [0.25, 0.3) is 0 Å². The molecule has 0 aliphatic heterocycles. The molecule has 0 spiro atoms. The third kappa shape index (κ3) is 1380. The van der Waals surface area contributed by atoms with E-state index >= 15 is 0 Å². The van der Waals surface area contributed by atoms with E-state index in [0.717, 1.165) is 0 Å². The van der Waals surface area contributed by atoms with Crippen molar-refractivity contribution in [3.63, 3.8) is 0 Å². The Labute approximate surface area is 396 Å². The Morgan fingerprint density at radius 2 is 0.294 bits per heavy atom. The van der Waals surface area contributed by atoms with Crippen LogP contribution in [-0.2, 0) is 22.3 Å². The number of hydrogen-bond acceptors (Lipinski definition) is 20. The molecule has 0 aromatic carbocycles. The largest absolute Gasteiger partial charge is 3.00 e. The van der Waals surface area contributed by atoms with Crippen LogP contribution in [0, 0.1) is 0 Å². The summed E-state index contributed by atoms with van der Waals surface area (Å²) >= 11 is 0. The second-order valence-corrected chi connectivity index (χ2v) is 3.75. The second kappa shape index (κ2) is 127. The van der Waals surface area contributed by atoms with Gasteiger partial charge in [0.1, 0.15) is 0 Å². The Morgan fingerprint density at radius 3 is 0.294 bits per heavy atom. The first-order valence-electron chi connectivity index (χ1n) is 3.06. The van der Waals surface area contributed by atoms with Crippen molar-refractivity contribution < 1.29 is 308 Å². The minimum Gasteiger partial charge on any atom is -0.870 e. The first kappa shape index (κ1) is 137. The molecule has 20 nitrogen and oxygen atoms in total. The van der Waals surface area contributed by atoms with Gasteiger partial charge >= 0.3 is 263 Å². The van der Waals surface area contributed by atoms with E-state index in [1.54, 1.807) is 0 Å². The topological polar surface area (TPSA) is 466 Å². The normalized spacial score (nSPS) is 3.53. The second-order valence-electron chi connectivity index (χ2n) is 1.25. The van der Waals surface area contributed by atoms with Gasteiger partial charge in [-0.3, -0.25) is 0 Å². The molecule has 0 aliphatic carbocycles. The molecule has 5 N–H and O–H groups in total. The van der Waals surface area contributed by atoms with Gasteiger partial charge < -0.3 is 97.6 Å². The zero-order chi connectivity index (χ0) is 17.9. The van der Waals surface area contributed by atoms with Gasteiger partial charge in [0.2, 0.25) is 0 Å². The van der Waals surface area contributed by atoms with E-state index in [0.29, 0.717) is 0 Å². The van der Waals surface area contributed by atoms with Crippen molar-refractivity contribution in [2.24, 2.45) is 0 Å². The van der Waals surface area contributed by atoms with Crippen molar-refractivity contribution >= 4 is 97.9 Å². The molecule has 0 bridgehead atoms. The molecule has 34 heteroatoms. The van der Waals surface area contributed by atoms with Crippen molar-refractivity contribution in [2.45, 2.75) is 0 Å². The third-order valence-corrected chi connectivity index (χ3v) is 0. The Hall–Kier alpha value is 6.18. The molecule has 0 aromatic rings. The van der Waals surface area contributed by atoms with Gasteiger partial charge in [0.25, 0.3) is 0 Å². The maximum Gasteiger partial charge on any atom is 3.00 e. The molecule has 0 atom stereocenters. The Kier molecular flexibility index (Phi) is 515. The molecule has 0 unspecified atom stereocenters. The van der Waals surface area contributed by atoms with E-state index in [9.17, 15) is 0 Å². The summed E-state index contributed by atoms with van der Waals surface area (Å²) in [6.07, 6.45) is 0. The number of hydrogen-bond donors (Lipinski definition) is 0. The van der Waals surface area contributed by atoms with Crippen LogP contribution in [-0.4, -0.2) is 125 Å². The summed E-state index contributed by atoms with van der Waals surface area (Å²) in [4.78, 5) is 85.2. The molecular weight excluding hydrogens is 679 g/mol. The SMILES string of the molecule is O=[Si]([O-])[O-].O=[Si]([O-])[O-].O=[Si]([O-])[O-].O=[Si]([O-])[O-].O=[Si]([O-])[O-].[Al+3].[Al+3].[Al+3].[K+].[K+].[K+].[Li+].[Li+].[Li+].[OH-].[OH-].[OH-].[OH-].[OH-]. The average Bonchev–Trinajstić information content (AvgIpc) is 1.94. The van der Waals surface area contributed by atoms with Crippen LogP contribution in [0.2, 0.25) is 0 Å². The molecule has 0 heterocycles. The van der Waals surface area contributed by atoms with Crippen molar-refractivity contribution in [1.82, 2.24) is 0 Å². The van der Waals surface area contributed by atoms with Crippen LogP contribution in [0.4, 0.5) is 0 Å².